The predicted molar refractivity (Wildman–Crippen MR) is 85.2 cm³/mol. The molecule has 2 aromatic rings. The average Bonchev–Trinajstić information content (AvgIpc) is 3.19. The van der Waals surface area contributed by atoms with Crippen LogP contribution in [0.3, 0.4) is 0 Å². The Morgan fingerprint density at radius 1 is 1.39 bits per heavy atom. The second-order valence-electron chi connectivity index (χ2n) is 5.82. The summed E-state index contributed by atoms with van der Waals surface area (Å²) in [5, 5.41) is 3.97. The Morgan fingerprint density at radius 3 is 2.91 bits per heavy atom. The van der Waals surface area contributed by atoms with E-state index in [1.165, 1.54) is 7.11 Å². The molecule has 2 amide bonds. The number of para-hydroxylation sites is 1. The van der Waals surface area contributed by atoms with Crippen molar-refractivity contribution in [2.75, 3.05) is 20.2 Å². The Balaban J connectivity index is 1.63. The molecule has 6 nitrogen and oxygen atoms in total. The minimum absolute atomic E-state index is 0.0478. The first-order valence-electron chi connectivity index (χ1n) is 7.70. The van der Waals surface area contributed by atoms with Crippen LogP contribution in [0.4, 0.5) is 4.79 Å². The van der Waals surface area contributed by atoms with Gasteiger partial charge in [0.15, 0.2) is 0 Å². The SMILES string of the molecule is COC(=O)N1CC[C@H](NC(=O)[C@@H](C)c2cc3ccccc3o2)C1. The molecule has 0 aliphatic carbocycles. The minimum Gasteiger partial charge on any atom is -0.460 e. The molecule has 2 heterocycles. The number of benzene rings is 1. The number of carbonyl (C=O) groups excluding carboxylic acids is 2. The molecule has 0 spiro atoms. The highest BCUT2D eigenvalue weighted by atomic mass is 16.5. The number of carbonyl (C=O) groups is 2. The van der Waals surface area contributed by atoms with Gasteiger partial charge in [0.2, 0.25) is 5.91 Å². The van der Waals surface area contributed by atoms with E-state index in [-0.39, 0.29) is 24.0 Å². The summed E-state index contributed by atoms with van der Waals surface area (Å²) in [4.78, 5) is 25.5. The summed E-state index contributed by atoms with van der Waals surface area (Å²) in [5.74, 6) is 0.168. The zero-order chi connectivity index (χ0) is 16.4. The van der Waals surface area contributed by atoms with Crippen molar-refractivity contribution < 1.29 is 18.7 Å². The molecule has 1 fully saturated rings. The normalized spacial score (nSPS) is 18.9. The molecule has 23 heavy (non-hydrogen) atoms. The lowest BCUT2D eigenvalue weighted by atomic mass is 10.1. The van der Waals surface area contributed by atoms with Crippen LogP contribution < -0.4 is 5.32 Å². The molecular weight excluding hydrogens is 296 g/mol. The molecule has 1 saturated heterocycles. The molecule has 0 radical (unpaired) electrons. The number of amides is 2. The van der Waals surface area contributed by atoms with Gasteiger partial charge in [0.05, 0.1) is 13.0 Å². The van der Waals surface area contributed by atoms with Crippen LogP contribution in [0.1, 0.15) is 25.0 Å². The summed E-state index contributed by atoms with van der Waals surface area (Å²) >= 11 is 0. The molecule has 122 valence electrons. The Morgan fingerprint density at radius 2 is 2.17 bits per heavy atom. The molecule has 1 aliphatic heterocycles. The van der Waals surface area contributed by atoms with Gasteiger partial charge in [0.25, 0.3) is 0 Å². The zero-order valence-electron chi connectivity index (χ0n) is 13.2. The number of hydrogen-bond acceptors (Lipinski definition) is 4. The van der Waals surface area contributed by atoms with Crippen LogP contribution in [-0.2, 0) is 9.53 Å². The number of ether oxygens (including phenoxy) is 1. The number of nitrogens with zero attached hydrogens (tertiary/aromatic N) is 1. The van der Waals surface area contributed by atoms with Crippen LogP contribution in [0, 0.1) is 0 Å². The van der Waals surface area contributed by atoms with E-state index in [1.807, 2.05) is 37.3 Å². The van der Waals surface area contributed by atoms with Gasteiger partial charge in [-0.15, -0.1) is 0 Å². The Bertz CT molecular complexity index is 691. The van der Waals surface area contributed by atoms with E-state index in [2.05, 4.69) is 5.32 Å². The lowest BCUT2D eigenvalue weighted by Gasteiger charge is -2.17. The van der Waals surface area contributed by atoms with Crippen molar-refractivity contribution >= 4 is 23.0 Å². The van der Waals surface area contributed by atoms with E-state index in [4.69, 9.17) is 9.15 Å². The molecule has 0 saturated carbocycles. The number of hydrogen-bond donors (Lipinski definition) is 1. The molecule has 1 aromatic carbocycles. The highest BCUT2D eigenvalue weighted by molar-refractivity contribution is 5.85. The second-order valence-corrected chi connectivity index (χ2v) is 5.82. The predicted octanol–water partition coefficient (Wildman–Crippen LogP) is 2.49. The summed E-state index contributed by atoms with van der Waals surface area (Å²) in [6.07, 6.45) is 0.375. The summed E-state index contributed by atoms with van der Waals surface area (Å²) in [5.41, 5.74) is 0.778. The quantitative estimate of drug-likeness (QED) is 0.944. The first kappa shape index (κ1) is 15.4. The first-order valence-corrected chi connectivity index (χ1v) is 7.70. The van der Waals surface area contributed by atoms with E-state index in [9.17, 15) is 9.59 Å². The highest BCUT2D eigenvalue weighted by Gasteiger charge is 2.29. The van der Waals surface area contributed by atoms with E-state index < -0.39 is 0 Å². The standard InChI is InChI=1S/C17H20N2O4/c1-11(15-9-12-5-3-4-6-14(12)23-15)16(20)18-13-7-8-19(10-13)17(21)22-2/h3-6,9,11,13H,7-8,10H2,1-2H3,(H,18,20)/t11-,13-/m0/s1. The van der Waals surface area contributed by atoms with Crippen LogP contribution in [0.25, 0.3) is 11.0 Å². The van der Waals surface area contributed by atoms with Gasteiger partial charge in [-0.3, -0.25) is 4.79 Å². The monoisotopic (exact) mass is 316 g/mol. The molecule has 2 atom stereocenters. The molecule has 0 unspecified atom stereocenters. The zero-order valence-corrected chi connectivity index (χ0v) is 13.2. The molecule has 1 aliphatic rings. The molecular formula is C17H20N2O4. The first-order chi connectivity index (χ1) is 11.1. The summed E-state index contributed by atoms with van der Waals surface area (Å²) < 4.78 is 10.4. The average molecular weight is 316 g/mol. The lowest BCUT2D eigenvalue weighted by molar-refractivity contribution is -0.123. The number of methoxy groups -OCH3 is 1. The van der Waals surface area contributed by atoms with Crippen LogP contribution >= 0.6 is 0 Å². The Labute approximate surface area is 134 Å². The maximum Gasteiger partial charge on any atom is 0.409 e. The number of furan rings is 1. The van der Waals surface area contributed by atoms with Crippen molar-refractivity contribution in [3.8, 4) is 0 Å². The minimum atomic E-state index is -0.380. The third kappa shape index (κ3) is 3.16. The van der Waals surface area contributed by atoms with Crippen LogP contribution in [0.5, 0.6) is 0 Å². The van der Waals surface area contributed by atoms with E-state index in [0.29, 0.717) is 18.8 Å². The van der Waals surface area contributed by atoms with Gasteiger partial charge >= 0.3 is 6.09 Å². The van der Waals surface area contributed by atoms with E-state index in [1.54, 1.807) is 4.90 Å². The fourth-order valence-corrected chi connectivity index (χ4v) is 2.84. The van der Waals surface area contributed by atoms with E-state index >= 15 is 0 Å². The van der Waals surface area contributed by atoms with Crippen molar-refractivity contribution in [2.24, 2.45) is 0 Å². The molecule has 0 bridgehead atoms. The Hall–Kier alpha value is -2.50. The van der Waals surface area contributed by atoms with Gasteiger partial charge < -0.3 is 19.4 Å². The smallest absolute Gasteiger partial charge is 0.409 e. The number of nitrogens with one attached hydrogen (secondary N) is 1. The number of likely N-dealkylation sites (tertiary alicyclic amines) is 1. The van der Waals surface area contributed by atoms with Crippen LogP contribution in [0.2, 0.25) is 0 Å². The van der Waals surface area contributed by atoms with Crippen molar-refractivity contribution in [3.05, 3.63) is 36.1 Å². The topological polar surface area (TPSA) is 71.8 Å². The van der Waals surface area contributed by atoms with Gasteiger partial charge in [0, 0.05) is 24.5 Å². The molecule has 1 aromatic heterocycles. The number of rotatable bonds is 3. The number of fused-ring (bicyclic) bond motifs is 1. The third-order valence-corrected chi connectivity index (χ3v) is 4.23. The second kappa shape index (κ2) is 6.32. The lowest BCUT2D eigenvalue weighted by Crippen LogP contribution is -2.40. The fraction of sp³-hybridized carbons (Fsp3) is 0.412. The van der Waals surface area contributed by atoms with Crippen LogP contribution in [0.15, 0.2) is 34.7 Å². The van der Waals surface area contributed by atoms with Gasteiger partial charge in [-0.1, -0.05) is 18.2 Å². The fourth-order valence-electron chi connectivity index (χ4n) is 2.84. The van der Waals surface area contributed by atoms with Crippen molar-refractivity contribution in [1.29, 1.82) is 0 Å². The van der Waals surface area contributed by atoms with Gasteiger partial charge in [-0.2, -0.15) is 0 Å². The maximum atomic E-state index is 12.4. The van der Waals surface area contributed by atoms with Crippen molar-refractivity contribution in [2.45, 2.75) is 25.3 Å². The summed E-state index contributed by atoms with van der Waals surface area (Å²) in [6, 6.07) is 9.53. The third-order valence-electron chi connectivity index (χ3n) is 4.23. The largest absolute Gasteiger partial charge is 0.460 e. The molecule has 3 rings (SSSR count). The van der Waals surface area contributed by atoms with Gasteiger partial charge in [-0.05, 0) is 25.5 Å². The highest BCUT2D eigenvalue weighted by Crippen LogP contribution is 2.25. The van der Waals surface area contributed by atoms with Crippen molar-refractivity contribution in [1.82, 2.24) is 10.2 Å². The van der Waals surface area contributed by atoms with Crippen molar-refractivity contribution in [3.63, 3.8) is 0 Å². The molecule has 6 heteroatoms. The van der Waals surface area contributed by atoms with Gasteiger partial charge in [-0.25, -0.2) is 4.79 Å². The summed E-state index contributed by atoms with van der Waals surface area (Å²) in [6.45, 7) is 2.89. The maximum absolute atomic E-state index is 12.4. The summed E-state index contributed by atoms with van der Waals surface area (Å²) in [7, 11) is 1.36. The Kier molecular flexibility index (Phi) is 4.23. The van der Waals surface area contributed by atoms with E-state index in [0.717, 1.165) is 17.4 Å². The van der Waals surface area contributed by atoms with Crippen LogP contribution in [-0.4, -0.2) is 43.1 Å². The molecule has 1 N–H and O–H groups in total. The van der Waals surface area contributed by atoms with Gasteiger partial charge in [0.1, 0.15) is 11.3 Å².